The van der Waals surface area contributed by atoms with E-state index in [9.17, 15) is 14.0 Å². The predicted octanol–water partition coefficient (Wildman–Crippen LogP) is 4.86. The van der Waals surface area contributed by atoms with E-state index in [0.29, 0.717) is 11.5 Å². The van der Waals surface area contributed by atoms with E-state index in [1.807, 2.05) is 38.1 Å². The first-order valence-corrected chi connectivity index (χ1v) is 11.9. The van der Waals surface area contributed by atoms with Crippen molar-refractivity contribution >= 4 is 17.5 Å². The summed E-state index contributed by atoms with van der Waals surface area (Å²) in [6.07, 6.45) is 8.53. The van der Waals surface area contributed by atoms with Crippen molar-refractivity contribution in [2.45, 2.75) is 64.6 Å². The molecule has 1 aliphatic rings. The maximum atomic E-state index is 14.3. The van der Waals surface area contributed by atoms with Gasteiger partial charge >= 0.3 is 0 Å². The second-order valence-corrected chi connectivity index (χ2v) is 8.95. The molecule has 2 aromatic carbocycles. The van der Waals surface area contributed by atoms with E-state index in [1.54, 1.807) is 29.1 Å². The molecule has 1 heterocycles. The zero-order chi connectivity index (χ0) is 24.1. The minimum absolute atomic E-state index is 0.0125. The van der Waals surface area contributed by atoms with Crippen LogP contribution in [0.25, 0.3) is 0 Å². The lowest BCUT2D eigenvalue weighted by atomic mass is 9.93. The Morgan fingerprint density at radius 1 is 1.12 bits per heavy atom. The third kappa shape index (κ3) is 5.35. The first kappa shape index (κ1) is 23.7. The molecule has 3 aromatic rings. The van der Waals surface area contributed by atoms with Gasteiger partial charge in [0.1, 0.15) is 24.2 Å². The van der Waals surface area contributed by atoms with E-state index in [4.69, 9.17) is 0 Å². The lowest BCUT2D eigenvalue weighted by Gasteiger charge is -2.34. The zero-order valence-corrected chi connectivity index (χ0v) is 19.7. The summed E-state index contributed by atoms with van der Waals surface area (Å²) in [5.41, 5.74) is 1.95. The normalized spacial score (nSPS) is 15.0. The molecule has 1 N–H and O–H groups in total. The number of hydrogen-bond donors (Lipinski definition) is 1. The number of amides is 2. The molecule has 34 heavy (non-hydrogen) atoms. The molecule has 7 heteroatoms. The van der Waals surface area contributed by atoms with Gasteiger partial charge < -0.3 is 9.88 Å². The first-order valence-electron chi connectivity index (χ1n) is 11.9. The zero-order valence-electron chi connectivity index (χ0n) is 19.7. The lowest BCUT2D eigenvalue weighted by Crippen LogP contribution is -2.48. The molecule has 0 unspecified atom stereocenters. The number of halogens is 1. The summed E-state index contributed by atoms with van der Waals surface area (Å²) in [6.45, 7) is 3.72. The molecule has 2 amide bonds. The van der Waals surface area contributed by atoms with Gasteiger partial charge in [-0.15, -0.1) is 0 Å². The number of aromatic nitrogens is 2. The molecule has 0 spiro atoms. The SMILES string of the molecule is Cc1ccccc1[C@@H](C(=O)NC1CCCCC1)N(C(=O)Cn1ccnc1C)c1cccc(F)c1. The van der Waals surface area contributed by atoms with Gasteiger partial charge in [0.05, 0.1) is 0 Å². The second kappa shape index (κ2) is 10.6. The van der Waals surface area contributed by atoms with E-state index in [1.165, 1.54) is 23.5 Å². The maximum Gasteiger partial charge on any atom is 0.248 e. The molecular weight excluding hydrogens is 431 g/mol. The summed E-state index contributed by atoms with van der Waals surface area (Å²) in [7, 11) is 0. The number of anilines is 1. The summed E-state index contributed by atoms with van der Waals surface area (Å²) in [6, 6.07) is 12.6. The number of rotatable bonds is 7. The van der Waals surface area contributed by atoms with Gasteiger partial charge in [0.15, 0.2) is 0 Å². The molecule has 1 atom stereocenters. The van der Waals surface area contributed by atoms with E-state index < -0.39 is 11.9 Å². The molecular formula is C27H31FN4O2. The van der Waals surface area contributed by atoms with Crippen molar-refractivity contribution in [3.05, 3.63) is 83.7 Å². The number of benzene rings is 2. The van der Waals surface area contributed by atoms with Crippen LogP contribution in [-0.4, -0.2) is 27.4 Å². The summed E-state index contributed by atoms with van der Waals surface area (Å²) in [4.78, 5) is 33.2. The van der Waals surface area contributed by atoms with Crippen LogP contribution in [0.4, 0.5) is 10.1 Å². The van der Waals surface area contributed by atoms with E-state index in [-0.39, 0.29) is 24.4 Å². The molecule has 1 aliphatic carbocycles. The largest absolute Gasteiger partial charge is 0.351 e. The van der Waals surface area contributed by atoms with Gasteiger partial charge in [0.2, 0.25) is 11.8 Å². The Morgan fingerprint density at radius 3 is 2.56 bits per heavy atom. The van der Waals surface area contributed by atoms with Crippen LogP contribution in [0.3, 0.4) is 0 Å². The Kier molecular flexibility index (Phi) is 7.40. The molecule has 0 bridgehead atoms. The topological polar surface area (TPSA) is 67.2 Å². The minimum atomic E-state index is -0.929. The third-order valence-corrected chi connectivity index (χ3v) is 6.53. The monoisotopic (exact) mass is 462 g/mol. The Morgan fingerprint density at radius 2 is 1.88 bits per heavy atom. The van der Waals surface area contributed by atoms with Gasteiger partial charge in [-0.05, 0) is 56.0 Å². The van der Waals surface area contributed by atoms with Gasteiger partial charge in [-0.1, -0.05) is 49.6 Å². The first-order chi connectivity index (χ1) is 16.4. The number of carbonyl (C=O) groups is 2. The molecule has 6 nitrogen and oxygen atoms in total. The second-order valence-electron chi connectivity index (χ2n) is 8.95. The van der Waals surface area contributed by atoms with Crippen LogP contribution in [0, 0.1) is 19.7 Å². The molecule has 1 saturated carbocycles. The van der Waals surface area contributed by atoms with Crippen LogP contribution in [-0.2, 0) is 16.1 Å². The van der Waals surface area contributed by atoms with Gasteiger partial charge in [-0.2, -0.15) is 0 Å². The van der Waals surface area contributed by atoms with Gasteiger partial charge in [0, 0.05) is 24.1 Å². The predicted molar refractivity (Wildman–Crippen MR) is 130 cm³/mol. The lowest BCUT2D eigenvalue weighted by molar-refractivity contribution is -0.127. The quantitative estimate of drug-likeness (QED) is 0.545. The smallest absolute Gasteiger partial charge is 0.248 e. The summed E-state index contributed by atoms with van der Waals surface area (Å²) >= 11 is 0. The highest BCUT2D eigenvalue weighted by molar-refractivity contribution is 6.01. The van der Waals surface area contributed by atoms with E-state index >= 15 is 0 Å². The summed E-state index contributed by atoms with van der Waals surface area (Å²) in [5, 5.41) is 3.19. The fraction of sp³-hybridized carbons (Fsp3) is 0.370. The van der Waals surface area contributed by atoms with E-state index in [0.717, 1.165) is 36.8 Å². The summed E-state index contributed by atoms with van der Waals surface area (Å²) in [5.74, 6) is -0.350. The van der Waals surface area contributed by atoms with Crippen LogP contribution in [0.15, 0.2) is 60.9 Å². The van der Waals surface area contributed by atoms with Gasteiger partial charge in [-0.25, -0.2) is 9.37 Å². The van der Waals surface area contributed by atoms with Crippen molar-refractivity contribution in [3.8, 4) is 0 Å². The van der Waals surface area contributed by atoms with Crippen molar-refractivity contribution in [2.75, 3.05) is 4.90 Å². The van der Waals surface area contributed by atoms with Crippen LogP contribution < -0.4 is 10.2 Å². The molecule has 1 aromatic heterocycles. The van der Waals surface area contributed by atoms with Crippen molar-refractivity contribution in [1.29, 1.82) is 0 Å². The highest BCUT2D eigenvalue weighted by Crippen LogP contribution is 2.31. The average molecular weight is 463 g/mol. The fourth-order valence-electron chi connectivity index (χ4n) is 4.67. The van der Waals surface area contributed by atoms with Crippen molar-refractivity contribution in [1.82, 2.24) is 14.9 Å². The Balaban J connectivity index is 1.77. The fourth-order valence-corrected chi connectivity index (χ4v) is 4.67. The van der Waals surface area contributed by atoms with Crippen LogP contribution >= 0.6 is 0 Å². The number of nitrogens with one attached hydrogen (secondary N) is 1. The van der Waals surface area contributed by atoms with Gasteiger partial charge in [-0.3, -0.25) is 14.5 Å². The van der Waals surface area contributed by atoms with Crippen molar-refractivity contribution in [3.63, 3.8) is 0 Å². The molecule has 0 aliphatic heterocycles. The Bertz CT molecular complexity index is 1150. The van der Waals surface area contributed by atoms with Crippen molar-refractivity contribution in [2.24, 2.45) is 0 Å². The molecule has 1 fully saturated rings. The molecule has 178 valence electrons. The van der Waals surface area contributed by atoms with Crippen LogP contribution in [0.2, 0.25) is 0 Å². The van der Waals surface area contributed by atoms with Gasteiger partial charge in [0.25, 0.3) is 0 Å². The Hall–Kier alpha value is -3.48. The Labute approximate surface area is 199 Å². The highest BCUT2D eigenvalue weighted by Gasteiger charge is 2.35. The van der Waals surface area contributed by atoms with Crippen LogP contribution in [0.5, 0.6) is 0 Å². The number of nitrogens with zero attached hydrogens (tertiary/aromatic N) is 3. The molecule has 0 saturated heterocycles. The standard InChI is InChI=1S/C27H31FN4O2/c1-19-9-6-7-14-24(19)26(27(34)30-22-11-4-3-5-12-22)32(23-13-8-10-21(28)17-23)25(33)18-31-16-15-29-20(31)2/h6-10,13-17,22,26H,3-5,11-12,18H2,1-2H3,(H,30,34)/t26-/m0/s1. The summed E-state index contributed by atoms with van der Waals surface area (Å²) < 4.78 is 16.0. The van der Waals surface area contributed by atoms with E-state index in [2.05, 4.69) is 10.3 Å². The minimum Gasteiger partial charge on any atom is -0.351 e. The number of carbonyl (C=O) groups excluding carboxylic acids is 2. The average Bonchev–Trinajstić information content (AvgIpc) is 3.22. The molecule has 0 radical (unpaired) electrons. The number of imidazole rings is 1. The molecule has 4 rings (SSSR count). The number of aryl methyl sites for hydroxylation is 2. The van der Waals surface area contributed by atoms with Crippen molar-refractivity contribution < 1.29 is 14.0 Å². The maximum absolute atomic E-state index is 14.3. The third-order valence-electron chi connectivity index (χ3n) is 6.53. The number of hydrogen-bond acceptors (Lipinski definition) is 3. The van der Waals surface area contributed by atoms with Crippen LogP contribution in [0.1, 0.15) is 55.1 Å². The highest BCUT2D eigenvalue weighted by atomic mass is 19.1.